The van der Waals surface area contributed by atoms with E-state index in [-0.39, 0.29) is 17.2 Å². The summed E-state index contributed by atoms with van der Waals surface area (Å²) in [6.45, 7) is 0. The molecule has 2 amide bonds. The van der Waals surface area contributed by atoms with Crippen molar-refractivity contribution in [1.82, 2.24) is 5.32 Å². The Labute approximate surface area is 120 Å². The average Bonchev–Trinajstić information content (AvgIpc) is 2.40. The van der Waals surface area contributed by atoms with Crippen molar-refractivity contribution in [3.05, 3.63) is 40.9 Å². The second-order valence-corrected chi connectivity index (χ2v) is 4.14. The molecule has 0 fully saturated rings. The van der Waals surface area contributed by atoms with Crippen LogP contribution in [0.3, 0.4) is 0 Å². The van der Waals surface area contributed by atoms with Crippen LogP contribution in [0.5, 0.6) is 5.75 Å². The minimum absolute atomic E-state index is 0.0855. The molecule has 7 heteroatoms. The lowest BCUT2D eigenvalue weighted by molar-refractivity contribution is -0.135. The summed E-state index contributed by atoms with van der Waals surface area (Å²) in [7, 11) is 1.17. The van der Waals surface area contributed by atoms with E-state index in [1.54, 1.807) is 0 Å². The van der Waals surface area contributed by atoms with Crippen LogP contribution in [-0.4, -0.2) is 30.0 Å². The number of esters is 1. The molecule has 106 valence electrons. The van der Waals surface area contributed by atoms with E-state index >= 15 is 0 Å². The summed E-state index contributed by atoms with van der Waals surface area (Å²) in [5, 5.41) is 11.4. The fraction of sp³-hybridized carbons (Fsp3) is 0.154. The number of imide groups is 1. The molecule has 0 aromatic heterocycles. The number of rotatable bonds is 4. The molecule has 0 saturated carbocycles. The van der Waals surface area contributed by atoms with Gasteiger partial charge in [-0.3, -0.25) is 14.9 Å². The first-order chi connectivity index (χ1) is 9.42. The number of phenols is 1. The van der Waals surface area contributed by atoms with Gasteiger partial charge in [-0.05, 0) is 17.7 Å². The van der Waals surface area contributed by atoms with Crippen molar-refractivity contribution < 1.29 is 24.2 Å². The summed E-state index contributed by atoms with van der Waals surface area (Å²) in [6.07, 6.45) is 1.71. The highest BCUT2D eigenvalue weighted by Gasteiger charge is 2.08. The number of carbonyl (C=O) groups excluding carboxylic acids is 3. The molecule has 6 nitrogen and oxygen atoms in total. The Bertz CT molecular complexity index is 568. The first-order valence-electron chi connectivity index (χ1n) is 5.49. The van der Waals surface area contributed by atoms with Crippen molar-refractivity contribution in [3.63, 3.8) is 0 Å². The quantitative estimate of drug-likeness (QED) is 0.638. The average molecular weight is 298 g/mol. The van der Waals surface area contributed by atoms with Crippen LogP contribution in [-0.2, 0) is 25.5 Å². The number of benzene rings is 1. The standard InChI is InChI=1S/C13H12ClNO5/c1-20-13(19)5-4-11(17)15-12(18)7-8-2-3-10(16)9(14)6-8/h2-6,16H,7H2,1H3,(H,15,17,18)/b5-4+. The molecule has 0 spiro atoms. The highest BCUT2D eigenvalue weighted by atomic mass is 35.5. The van der Waals surface area contributed by atoms with Gasteiger partial charge in [-0.1, -0.05) is 17.7 Å². The molecule has 1 rings (SSSR count). The predicted molar refractivity (Wildman–Crippen MR) is 71.1 cm³/mol. The summed E-state index contributed by atoms with van der Waals surface area (Å²) >= 11 is 5.69. The van der Waals surface area contributed by atoms with E-state index in [0.717, 1.165) is 12.2 Å². The van der Waals surface area contributed by atoms with E-state index in [2.05, 4.69) is 10.1 Å². The number of ether oxygens (including phenoxy) is 1. The molecule has 0 radical (unpaired) electrons. The summed E-state index contributed by atoms with van der Waals surface area (Å²) in [5.74, 6) is -2.08. The topological polar surface area (TPSA) is 92.7 Å². The predicted octanol–water partition coefficient (Wildman–Crippen LogP) is 0.960. The SMILES string of the molecule is COC(=O)/C=C/C(=O)NC(=O)Cc1ccc(O)c(Cl)c1. The Morgan fingerprint density at radius 2 is 2.05 bits per heavy atom. The Morgan fingerprint density at radius 1 is 1.35 bits per heavy atom. The van der Waals surface area contributed by atoms with Gasteiger partial charge in [0.2, 0.25) is 5.91 Å². The molecular weight excluding hydrogens is 286 g/mol. The monoisotopic (exact) mass is 297 g/mol. The Hall–Kier alpha value is -2.34. The number of aromatic hydroxyl groups is 1. The van der Waals surface area contributed by atoms with Crippen LogP contribution in [0.1, 0.15) is 5.56 Å². The summed E-state index contributed by atoms with van der Waals surface area (Å²) in [5.41, 5.74) is 0.537. The van der Waals surface area contributed by atoms with Gasteiger partial charge in [-0.2, -0.15) is 0 Å². The number of carbonyl (C=O) groups is 3. The molecular formula is C13H12ClNO5. The number of halogens is 1. The smallest absolute Gasteiger partial charge is 0.330 e. The van der Waals surface area contributed by atoms with Crippen LogP contribution < -0.4 is 5.32 Å². The molecule has 0 saturated heterocycles. The summed E-state index contributed by atoms with van der Waals surface area (Å²) in [6, 6.07) is 4.28. The van der Waals surface area contributed by atoms with Crippen LogP contribution in [0.4, 0.5) is 0 Å². The van der Waals surface area contributed by atoms with Gasteiger partial charge >= 0.3 is 5.97 Å². The van der Waals surface area contributed by atoms with E-state index in [4.69, 9.17) is 11.6 Å². The van der Waals surface area contributed by atoms with Crippen LogP contribution in [0, 0.1) is 0 Å². The second-order valence-electron chi connectivity index (χ2n) is 3.73. The van der Waals surface area contributed by atoms with Crippen molar-refractivity contribution in [2.75, 3.05) is 7.11 Å². The molecule has 0 unspecified atom stereocenters. The maximum atomic E-state index is 11.5. The normalized spacial score (nSPS) is 10.3. The summed E-state index contributed by atoms with van der Waals surface area (Å²) in [4.78, 5) is 33.6. The van der Waals surface area contributed by atoms with Crippen molar-refractivity contribution >= 4 is 29.4 Å². The van der Waals surface area contributed by atoms with Gasteiger partial charge in [0, 0.05) is 12.2 Å². The number of hydrogen-bond donors (Lipinski definition) is 2. The third-order valence-corrected chi connectivity index (χ3v) is 2.51. The van der Waals surface area contributed by atoms with Crippen molar-refractivity contribution in [1.29, 1.82) is 0 Å². The zero-order valence-electron chi connectivity index (χ0n) is 10.6. The van der Waals surface area contributed by atoms with E-state index in [1.807, 2.05) is 0 Å². The minimum atomic E-state index is -0.731. The molecule has 0 aliphatic carbocycles. The maximum absolute atomic E-state index is 11.5. The van der Waals surface area contributed by atoms with Crippen molar-refractivity contribution in [2.45, 2.75) is 6.42 Å². The largest absolute Gasteiger partial charge is 0.506 e. The van der Waals surface area contributed by atoms with Crippen molar-refractivity contribution in [3.8, 4) is 5.75 Å². The highest BCUT2D eigenvalue weighted by molar-refractivity contribution is 6.32. The van der Waals surface area contributed by atoms with Crippen LogP contribution >= 0.6 is 11.6 Å². The molecule has 0 aliphatic heterocycles. The van der Waals surface area contributed by atoms with Crippen molar-refractivity contribution in [2.24, 2.45) is 0 Å². The Kier molecular flexibility index (Phi) is 5.74. The van der Waals surface area contributed by atoms with Gasteiger partial charge in [0.15, 0.2) is 0 Å². The van der Waals surface area contributed by atoms with E-state index in [9.17, 15) is 19.5 Å². The second kappa shape index (κ2) is 7.30. The molecule has 0 atom stereocenters. The zero-order chi connectivity index (χ0) is 15.1. The molecule has 0 aliphatic rings. The number of hydrogen-bond acceptors (Lipinski definition) is 5. The van der Waals surface area contributed by atoms with Gasteiger partial charge in [0.1, 0.15) is 5.75 Å². The van der Waals surface area contributed by atoms with Gasteiger partial charge in [-0.25, -0.2) is 4.79 Å². The van der Waals surface area contributed by atoms with Crippen LogP contribution in [0.15, 0.2) is 30.4 Å². The number of methoxy groups -OCH3 is 1. The first kappa shape index (κ1) is 15.7. The van der Waals surface area contributed by atoms with Gasteiger partial charge in [-0.15, -0.1) is 0 Å². The molecule has 20 heavy (non-hydrogen) atoms. The first-order valence-corrected chi connectivity index (χ1v) is 5.87. The Balaban J connectivity index is 2.55. The van der Waals surface area contributed by atoms with Crippen LogP contribution in [0.2, 0.25) is 5.02 Å². The lowest BCUT2D eigenvalue weighted by atomic mass is 10.1. The number of amides is 2. The molecule has 0 bridgehead atoms. The van der Waals surface area contributed by atoms with E-state index in [0.29, 0.717) is 5.56 Å². The van der Waals surface area contributed by atoms with Gasteiger partial charge in [0.25, 0.3) is 5.91 Å². The van der Waals surface area contributed by atoms with E-state index < -0.39 is 17.8 Å². The zero-order valence-corrected chi connectivity index (χ0v) is 11.3. The fourth-order valence-electron chi connectivity index (χ4n) is 1.28. The molecule has 1 aromatic carbocycles. The number of phenolic OH excluding ortho intramolecular Hbond substituents is 1. The van der Waals surface area contributed by atoms with E-state index in [1.165, 1.54) is 25.3 Å². The van der Waals surface area contributed by atoms with Crippen LogP contribution in [0.25, 0.3) is 0 Å². The molecule has 2 N–H and O–H groups in total. The summed E-state index contributed by atoms with van der Waals surface area (Å²) < 4.78 is 4.30. The van der Waals surface area contributed by atoms with Gasteiger partial charge < -0.3 is 9.84 Å². The third kappa shape index (κ3) is 5.11. The van der Waals surface area contributed by atoms with Gasteiger partial charge in [0.05, 0.1) is 18.6 Å². The highest BCUT2D eigenvalue weighted by Crippen LogP contribution is 2.23. The maximum Gasteiger partial charge on any atom is 0.330 e. The lowest BCUT2D eigenvalue weighted by Crippen LogP contribution is -2.30. The third-order valence-electron chi connectivity index (χ3n) is 2.21. The number of nitrogens with one attached hydrogen (secondary N) is 1. The molecule has 0 heterocycles. The minimum Gasteiger partial charge on any atom is -0.506 e. The fourth-order valence-corrected chi connectivity index (χ4v) is 1.48. The lowest BCUT2D eigenvalue weighted by Gasteiger charge is -2.03. The Morgan fingerprint density at radius 3 is 2.65 bits per heavy atom. The molecule has 1 aromatic rings.